The number of halogens is 2. The summed E-state index contributed by atoms with van der Waals surface area (Å²) in [5.74, 6) is -1.47. The molecule has 0 saturated heterocycles. The van der Waals surface area contributed by atoms with Crippen LogP contribution in [0, 0.1) is 9.39 Å². The number of esters is 1. The van der Waals surface area contributed by atoms with Crippen molar-refractivity contribution in [2.24, 2.45) is 0 Å². The van der Waals surface area contributed by atoms with Crippen molar-refractivity contribution in [3.63, 3.8) is 0 Å². The van der Waals surface area contributed by atoms with Crippen molar-refractivity contribution in [1.29, 1.82) is 0 Å². The maximum Gasteiger partial charge on any atom is 0.339 e. The lowest BCUT2D eigenvalue weighted by atomic mass is 9.98. The number of carbonyl (C=O) groups excluding carboxylic acids is 2. The second kappa shape index (κ2) is 6.04. The number of hydrogen-bond donors (Lipinski definition) is 1. The van der Waals surface area contributed by atoms with Gasteiger partial charge in [-0.1, -0.05) is 0 Å². The van der Waals surface area contributed by atoms with Gasteiger partial charge in [0.25, 0.3) is 5.91 Å². The number of amides is 1. The Morgan fingerprint density at radius 3 is 2.68 bits per heavy atom. The van der Waals surface area contributed by atoms with Crippen LogP contribution in [0.1, 0.15) is 15.9 Å². The Balaban J connectivity index is 1.77. The molecule has 1 heterocycles. The summed E-state index contributed by atoms with van der Waals surface area (Å²) in [6, 6.07) is 11.1. The zero-order valence-electron chi connectivity index (χ0n) is 11.3. The highest BCUT2D eigenvalue weighted by Crippen LogP contribution is 2.23. The molecule has 1 amide bonds. The molecule has 1 aliphatic rings. The van der Waals surface area contributed by atoms with Crippen LogP contribution in [0.4, 0.5) is 10.1 Å². The summed E-state index contributed by atoms with van der Waals surface area (Å²) in [7, 11) is 0. The Labute approximate surface area is 139 Å². The van der Waals surface area contributed by atoms with Gasteiger partial charge in [-0.25, -0.2) is 9.18 Å². The van der Waals surface area contributed by atoms with Gasteiger partial charge in [0, 0.05) is 15.7 Å². The number of rotatable bonds is 2. The van der Waals surface area contributed by atoms with E-state index in [-0.39, 0.29) is 6.42 Å². The second-order valence-electron chi connectivity index (χ2n) is 4.90. The minimum atomic E-state index is -0.957. The maximum atomic E-state index is 13.3. The first-order chi connectivity index (χ1) is 10.5. The number of fused-ring (bicyclic) bond motifs is 1. The SMILES string of the molecule is O=C1OC(C(=O)Nc2ccc(I)cc2)Cc2cc(F)ccc21. The van der Waals surface area contributed by atoms with Crippen LogP contribution < -0.4 is 5.32 Å². The van der Waals surface area contributed by atoms with Gasteiger partial charge in [0.15, 0.2) is 6.10 Å². The zero-order valence-corrected chi connectivity index (χ0v) is 13.5. The minimum absolute atomic E-state index is 0.162. The Bertz CT molecular complexity index is 746. The molecule has 0 bridgehead atoms. The van der Waals surface area contributed by atoms with E-state index in [0.717, 1.165) is 3.57 Å². The molecule has 112 valence electrons. The van der Waals surface area contributed by atoms with Crippen LogP contribution in [0.5, 0.6) is 0 Å². The van der Waals surface area contributed by atoms with Gasteiger partial charge in [0.2, 0.25) is 0 Å². The minimum Gasteiger partial charge on any atom is -0.448 e. The first-order valence-electron chi connectivity index (χ1n) is 6.59. The Morgan fingerprint density at radius 2 is 1.95 bits per heavy atom. The van der Waals surface area contributed by atoms with Crippen molar-refractivity contribution >= 4 is 40.2 Å². The molecular formula is C16H11FINO3. The summed E-state index contributed by atoms with van der Waals surface area (Å²) in [6.07, 6.45) is -0.796. The molecule has 3 rings (SSSR count). The summed E-state index contributed by atoms with van der Waals surface area (Å²) in [5, 5.41) is 2.69. The van der Waals surface area contributed by atoms with Crippen molar-refractivity contribution in [3.8, 4) is 0 Å². The smallest absolute Gasteiger partial charge is 0.339 e. The molecule has 2 aromatic rings. The van der Waals surface area contributed by atoms with Gasteiger partial charge < -0.3 is 10.1 Å². The Kier molecular flexibility index (Phi) is 4.10. The third-order valence-corrected chi connectivity index (χ3v) is 4.07. The van der Waals surface area contributed by atoms with Crippen LogP contribution in [0.15, 0.2) is 42.5 Å². The van der Waals surface area contributed by atoms with Gasteiger partial charge >= 0.3 is 5.97 Å². The van der Waals surface area contributed by atoms with Crippen molar-refractivity contribution in [2.75, 3.05) is 5.32 Å². The highest BCUT2D eigenvalue weighted by molar-refractivity contribution is 14.1. The molecule has 22 heavy (non-hydrogen) atoms. The molecule has 0 aromatic heterocycles. The van der Waals surface area contributed by atoms with Crippen molar-refractivity contribution < 1.29 is 18.7 Å². The number of cyclic esters (lactones) is 1. The van der Waals surface area contributed by atoms with Gasteiger partial charge in [-0.2, -0.15) is 0 Å². The van der Waals surface area contributed by atoms with Gasteiger partial charge in [-0.05, 0) is 70.6 Å². The number of hydrogen-bond acceptors (Lipinski definition) is 3. The molecule has 1 unspecified atom stereocenters. The van der Waals surface area contributed by atoms with Gasteiger partial charge in [0.05, 0.1) is 5.56 Å². The third kappa shape index (κ3) is 3.11. The average Bonchev–Trinajstić information content (AvgIpc) is 2.49. The second-order valence-corrected chi connectivity index (χ2v) is 6.14. The molecular weight excluding hydrogens is 400 g/mol. The lowest BCUT2D eigenvalue weighted by molar-refractivity contribution is -0.125. The summed E-state index contributed by atoms with van der Waals surface area (Å²) in [5.41, 5.74) is 1.41. The monoisotopic (exact) mass is 411 g/mol. The first kappa shape index (κ1) is 15.0. The number of ether oxygens (including phenoxy) is 1. The number of anilines is 1. The van der Waals surface area contributed by atoms with E-state index in [2.05, 4.69) is 27.9 Å². The summed E-state index contributed by atoms with van der Waals surface area (Å²) in [4.78, 5) is 24.1. The molecule has 0 radical (unpaired) electrons. The van der Waals surface area contributed by atoms with Crippen molar-refractivity contribution in [1.82, 2.24) is 0 Å². The third-order valence-electron chi connectivity index (χ3n) is 3.35. The van der Waals surface area contributed by atoms with Gasteiger partial charge in [0.1, 0.15) is 5.82 Å². The lowest BCUT2D eigenvalue weighted by Gasteiger charge is -2.23. The van der Waals surface area contributed by atoms with E-state index in [1.165, 1.54) is 18.2 Å². The highest BCUT2D eigenvalue weighted by Gasteiger charge is 2.31. The summed E-state index contributed by atoms with van der Waals surface area (Å²) in [6.45, 7) is 0. The van der Waals surface area contributed by atoms with E-state index in [9.17, 15) is 14.0 Å². The molecule has 2 aromatic carbocycles. The van der Waals surface area contributed by atoms with Gasteiger partial charge in [-0.3, -0.25) is 4.79 Å². The molecule has 1 aliphatic heterocycles. The predicted octanol–water partition coefficient (Wildman–Crippen LogP) is 3.15. The largest absolute Gasteiger partial charge is 0.448 e. The average molecular weight is 411 g/mol. The normalized spacial score (nSPS) is 16.6. The summed E-state index contributed by atoms with van der Waals surface area (Å²) < 4.78 is 19.5. The topological polar surface area (TPSA) is 55.4 Å². The maximum absolute atomic E-state index is 13.3. The molecule has 0 saturated carbocycles. The molecule has 0 fully saturated rings. The standard InChI is InChI=1S/C16H11FINO3/c17-10-1-6-13-9(7-10)8-14(22-16(13)21)15(20)19-12-4-2-11(18)3-5-12/h1-7,14H,8H2,(H,19,20). The Morgan fingerprint density at radius 1 is 1.23 bits per heavy atom. The zero-order chi connectivity index (χ0) is 15.7. The van der Waals surface area contributed by atoms with Crippen LogP contribution in [-0.2, 0) is 16.0 Å². The van der Waals surface area contributed by atoms with E-state index >= 15 is 0 Å². The van der Waals surface area contributed by atoms with Crippen LogP contribution in [-0.4, -0.2) is 18.0 Å². The van der Waals surface area contributed by atoms with E-state index < -0.39 is 23.8 Å². The van der Waals surface area contributed by atoms with E-state index in [1.807, 2.05) is 12.1 Å². The van der Waals surface area contributed by atoms with Gasteiger partial charge in [-0.15, -0.1) is 0 Å². The fraction of sp³-hybridized carbons (Fsp3) is 0.125. The van der Waals surface area contributed by atoms with Crippen LogP contribution in [0.3, 0.4) is 0 Å². The fourth-order valence-electron chi connectivity index (χ4n) is 2.27. The number of benzene rings is 2. The predicted molar refractivity (Wildman–Crippen MR) is 87.1 cm³/mol. The highest BCUT2D eigenvalue weighted by atomic mass is 127. The first-order valence-corrected chi connectivity index (χ1v) is 7.66. The van der Waals surface area contributed by atoms with E-state index in [1.54, 1.807) is 12.1 Å². The quantitative estimate of drug-likeness (QED) is 0.611. The molecule has 6 heteroatoms. The molecule has 0 aliphatic carbocycles. The molecule has 0 spiro atoms. The fourth-order valence-corrected chi connectivity index (χ4v) is 2.63. The number of carbonyl (C=O) groups is 2. The van der Waals surface area contributed by atoms with E-state index in [4.69, 9.17) is 4.74 Å². The van der Waals surface area contributed by atoms with Crippen LogP contribution >= 0.6 is 22.6 Å². The van der Waals surface area contributed by atoms with Crippen LogP contribution in [0.2, 0.25) is 0 Å². The van der Waals surface area contributed by atoms with E-state index in [0.29, 0.717) is 16.8 Å². The lowest BCUT2D eigenvalue weighted by Crippen LogP contribution is -2.38. The summed E-state index contributed by atoms with van der Waals surface area (Å²) >= 11 is 2.16. The Hall–Kier alpha value is -1.96. The van der Waals surface area contributed by atoms with Crippen molar-refractivity contribution in [2.45, 2.75) is 12.5 Å². The number of nitrogens with one attached hydrogen (secondary N) is 1. The molecule has 1 atom stereocenters. The van der Waals surface area contributed by atoms with Crippen LogP contribution in [0.25, 0.3) is 0 Å². The molecule has 4 nitrogen and oxygen atoms in total. The van der Waals surface area contributed by atoms with Crippen molar-refractivity contribution in [3.05, 3.63) is 63.0 Å². The molecule has 1 N–H and O–H groups in total.